The molecule has 0 radical (unpaired) electrons. The molecule has 5 N–H and O–H groups in total. The zero-order valence-electron chi connectivity index (χ0n) is 13.0. The number of ether oxygens (including phenoxy) is 1. The van der Waals surface area contributed by atoms with Crippen LogP contribution in [0.1, 0.15) is 19.8 Å². The highest BCUT2D eigenvalue weighted by Crippen LogP contribution is 2.08. The highest BCUT2D eigenvalue weighted by atomic mass is 16.5. The van der Waals surface area contributed by atoms with Crippen molar-refractivity contribution in [1.29, 1.82) is 0 Å². The average Bonchev–Trinajstić information content (AvgIpc) is 2.47. The summed E-state index contributed by atoms with van der Waals surface area (Å²) in [7, 11) is 3.12. The van der Waals surface area contributed by atoms with Crippen LogP contribution >= 0.6 is 0 Å². The molecule has 0 aromatic heterocycles. The standard InChI is InChI=1S/C12H19NO2.C3H8N2O/c1-5-7-8-10(6-2)9-11(13-3)12(14)15-4;4-3(5)1-2-6/h5-8,11,13H,2,9H2,1,3-4H3;2-3H,1,4-5H2/b7-5-,10-8+;. The first-order valence-corrected chi connectivity index (χ1v) is 6.60. The fraction of sp³-hybridized carbons (Fsp3) is 0.467. The molecule has 21 heavy (non-hydrogen) atoms. The van der Waals surface area contributed by atoms with Crippen molar-refractivity contribution < 1.29 is 14.3 Å². The van der Waals surface area contributed by atoms with E-state index < -0.39 is 6.17 Å². The van der Waals surface area contributed by atoms with Gasteiger partial charge in [0.15, 0.2) is 0 Å². The number of likely N-dealkylation sites (N-methyl/N-ethyl adjacent to an activating group) is 1. The number of carbonyl (C=O) groups is 2. The maximum Gasteiger partial charge on any atom is 0.323 e. The van der Waals surface area contributed by atoms with Gasteiger partial charge < -0.3 is 26.3 Å². The van der Waals surface area contributed by atoms with Gasteiger partial charge in [0, 0.05) is 6.42 Å². The molecule has 120 valence electrons. The van der Waals surface area contributed by atoms with Crippen LogP contribution in [0.4, 0.5) is 0 Å². The van der Waals surface area contributed by atoms with Crippen LogP contribution in [0.2, 0.25) is 0 Å². The Kier molecular flexibility index (Phi) is 15.0. The van der Waals surface area contributed by atoms with Gasteiger partial charge in [-0.05, 0) is 26.0 Å². The Morgan fingerprint density at radius 2 is 2.05 bits per heavy atom. The Balaban J connectivity index is 0. The number of methoxy groups -OCH3 is 1. The quantitative estimate of drug-likeness (QED) is 0.263. The number of rotatable bonds is 8. The van der Waals surface area contributed by atoms with Crippen molar-refractivity contribution in [2.45, 2.75) is 32.0 Å². The normalized spacial score (nSPS) is 12.6. The molecule has 1 atom stereocenters. The van der Waals surface area contributed by atoms with Crippen LogP contribution in [0.15, 0.2) is 36.5 Å². The second-order valence-corrected chi connectivity index (χ2v) is 4.11. The number of aldehydes is 1. The van der Waals surface area contributed by atoms with Crippen LogP contribution in [-0.2, 0) is 14.3 Å². The lowest BCUT2D eigenvalue weighted by atomic mass is 10.1. The predicted molar refractivity (Wildman–Crippen MR) is 85.4 cm³/mol. The molecule has 0 amide bonds. The highest BCUT2D eigenvalue weighted by molar-refractivity contribution is 5.76. The van der Waals surface area contributed by atoms with Gasteiger partial charge >= 0.3 is 5.97 Å². The van der Waals surface area contributed by atoms with Crippen molar-refractivity contribution in [3.8, 4) is 0 Å². The minimum atomic E-state index is -0.470. The maximum atomic E-state index is 11.3. The minimum absolute atomic E-state index is 0.250. The molecule has 0 aliphatic rings. The molecule has 0 rings (SSSR count). The number of carbonyl (C=O) groups excluding carboxylic acids is 2. The van der Waals surface area contributed by atoms with Gasteiger partial charge in [-0.1, -0.05) is 30.9 Å². The van der Waals surface area contributed by atoms with Gasteiger partial charge in [-0.25, -0.2) is 0 Å². The lowest BCUT2D eigenvalue weighted by Gasteiger charge is -2.13. The van der Waals surface area contributed by atoms with E-state index in [9.17, 15) is 9.59 Å². The lowest BCUT2D eigenvalue weighted by Crippen LogP contribution is -2.35. The summed E-state index contributed by atoms with van der Waals surface area (Å²) in [6.45, 7) is 5.64. The van der Waals surface area contributed by atoms with E-state index in [-0.39, 0.29) is 18.4 Å². The molecule has 0 heterocycles. The number of nitrogens with one attached hydrogen (secondary N) is 1. The second-order valence-electron chi connectivity index (χ2n) is 4.11. The summed E-state index contributed by atoms with van der Waals surface area (Å²) >= 11 is 0. The fourth-order valence-electron chi connectivity index (χ4n) is 1.23. The van der Waals surface area contributed by atoms with Gasteiger partial charge in [0.2, 0.25) is 0 Å². The third-order valence-corrected chi connectivity index (χ3v) is 2.41. The van der Waals surface area contributed by atoms with Crippen LogP contribution in [-0.4, -0.2) is 38.6 Å². The highest BCUT2D eigenvalue weighted by Gasteiger charge is 2.16. The molecule has 6 nitrogen and oxygen atoms in total. The van der Waals surface area contributed by atoms with Gasteiger partial charge in [-0.3, -0.25) is 4.79 Å². The molecule has 0 spiro atoms. The van der Waals surface area contributed by atoms with Crippen molar-refractivity contribution in [3.05, 3.63) is 36.5 Å². The van der Waals surface area contributed by atoms with Crippen LogP contribution in [0.5, 0.6) is 0 Å². The van der Waals surface area contributed by atoms with Crippen LogP contribution in [0, 0.1) is 0 Å². The number of esters is 1. The van der Waals surface area contributed by atoms with Crippen LogP contribution < -0.4 is 16.8 Å². The number of allylic oxidation sites excluding steroid dienone is 4. The van der Waals surface area contributed by atoms with E-state index in [0.717, 1.165) is 5.57 Å². The fourth-order valence-corrected chi connectivity index (χ4v) is 1.23. The van der Waals surface area contributed by atoms with E-state index in [1.54, 1.807) is 13.1 Å². The summed E-state index contributed by atoms with van der Waals surface area (Å²) < 4.78 is 4.67. The maximum absolute atomic E-state index is 11.3. The molecule has 0 aromatic rings. The van der Waals surface area contributed by atoms with Gasteiger partial charge in [0.25, 0.3) is 0 Å². The van der Waals surface area contributed by atoms with Crippen molar-refractivity contribution in [2.75, 3.05) is 14.2 Å². The first-order chi connectivity index (χ1) is 9.96. The molecule has 6 heteroatoms. The predicted octanol–water partition coefficient (Wildman–Crippen LogP) is 0.645. The molecule has 0 aliphatic carbocycles. The van der Waals surface area contributed by atoms with Crippen molar-refractivity contribution in [3.63, 3.8) is 0 Å². The molecule has 0 aromatic carbocycles. The van der Waals surface area contributed by atoms with Crippen molar-refractivity contribution >= 4 is 12.3 Å². The Morgan fingerprint density at radius 1 is 1.43 bits per heavy atom. The van der Waals surface area contributed by atoms with E-state index in [0.29, 0.717) is 12.7 Å². The summed E-state index contributed by atoms with van der Waals surface area (Å²) in [5.41, 5.74) is 10.9. The Bertz CT molecular complexity index is 363. The number of nitrogens with two attached hydrogens (primary N) is 2. The molecule has 0 bridgehead atoms. The zero-order chi connectivity index (χ0) is 16.7. The summed E-state index contributed by atoms with van der Waals surface area (Å²) in [5, 5.41) is 2.91. The second kappa shape index (κ2) is 14.6. The summed E-state index contributed by atoms with van der Waals surface area (Å²) in [5.74, 6) is -0.259. The van der Waals surface area contributed by atoms with Crippen LogP contribution in [0.3, 0.4) is 0 Å². The smallest absolute Gasteiger partial charge is 0.323 e. The Labute approximate surface area is 126 Å². The summed E-state index contributed by atoms with van der Waals surface area (Å²) in [4.78, 5) is 20.8. The molecule has 0 saturated carbocycles. The average molecular weight is 297 g/mol. The van der Waals surface area contributed by atoms with Crippen molar-refractivity contribution in [2.24, 2.45) is 11.5 Å². The Hall–Kier alpha value is -1.76. The van der Waals surface area contributed by atoms with E-state index in [4.69, 9.17) is 11.5 Å². The van der Waals surface area contributed by atoms with Crippen LogP contribution in [0.25, 0.3) is 0 Å². The zero-order valence-corrected chi connectivity index (χ0v) is 13.0. The first-order valence-electron chi connectivity index (χ1n) is 6.60. The molecule has 0 fully saturated rings. The van der Waals surface area contributed by atoms with Gasteiger partial charge in [0.1, 0.15) is 12.3 Å². The molecule has 0 aliphatic heterocycles. The van der Waals surface area contributed by atoms with Gasteiger partial charge in [-0.15, -0.1) is 0 Å². The summed E-state index contributed by atoms with van der Waals surface area (Å²) in [6.07, 6.45) is 8.58. The number of hydrogen-bond donors (Lipinski definition) is 3. The molecule has 0 saturated heterocycles. The third kappa shape index (κ3) is 13.0. The van der Waals surface area contributed by atoms with E-state index in [2.05, 4.69) is 16.6 Å². The third-order valence-electron chi connectivity index (χ3n) is 2.41. The van der Waals surface area contributed by atoms with E-state index >= 15 is 0 Å². The van der Waals surface area contributed by atoms with Gasteiger partial charge in [-0.2, -0.15) is 0 Å². The van der Waals surface area contributed by atoms with E-state index in [1.807, 2.05) is 25.2 Å². The van der Waals surface area contributed by atoms with Gasteiger partial charge in [0.05, 0.1) is 13.3 Å². The largest absolute Gasteiger partial charge is 0.468 e. The van der Waals surface area contributed by atoms with E-state index in [1.165, 1.54) is 7.11 Å². The Morgan fingerprint density at radius 3 is 2.33 bits per heavy atom. The lowest BCUT2D eigenvalue weighted by molar-refractivity contribution is -0.142. The minimum Gasteiger partial charge on any atom is -0.468 e. The topological polar surface area (TPSA) is 107 Å². The molecule has 1 unspecified atom stereocenters. The molecular weight excluding hydrogens is 270 g/mol. The SMILES string of the molecule is C=C/C(=C\C=C/C)CC(NC)C(=O)OC.NC(N)CC=O. The monoisotopic (exact) mass is 297 g/mol. The number of hydrogen-bond acceptors (Lipinski definition) is 6. The summed E-state index contributed by atoms with van der Waals surface area (Å²) in [6, 6.07) is -0.315. The molecular formula is C15H27N3O3. The first kappa shape index (κ1) is 21.5. The van der Waals surface area contributed by atoms with Crippen molar-refractivity contribution in [1.82, 2.24) is 5.32 Å².